The zero-order valence-electron chi connectivity index (χ0n) is 13.4. The minimum atomic E-state index is -0.283. The normalized spacial score (nSPS) is 23.0. The lowest BCUT2D eigenvalue weighted by molar-refractivity contribution is -0.134. The summed E-state index contributed by atoms with van der Waals surface area (Å²) in [5.41, 5.74) is 1.75. The van der Waals surface area contributed by atoms with E-state index >= 15 is 0 Å². The first-order chi connectivity index (χ1) is 11.1. The third kappa shape index (κ3) is 3.37. The Morgan fingerprint density at radius 1 is 1.26 bits per heavy atom. The largest absolute Gasteiger partial charge is 0.396 e. The van der Waals surface area contributed by atoms with E-state index in [4.69, 9.17) is 0 Å². The first kappa shape index (κ1) is 15.9. The highest BCUT2D eigenvalue weighted by Gasteiger charge is 2.29. The molecule has 23 heavy (non-hydrogen) atoms. The molecule has 3 rings (SSSR count). The zero-order valence-corrected chi connectivity index (χ0v) is 13.4. The van der Waals surface area contributed by atoms with E-state index in [0.717, 1.165) is 43.0 Å². The first-order valence-electron chi connectivity index (χ1n) is 8.25. The highest BCUT2D eigenvalue weighted by Crippen LogP contribution is 2.29. The van der Waals surface area contributed by atoms with Crippen molar-refractivity contribution in [3.8, 4) is 0 Å². The second kappa shape index (κ2) is 6.66. The van der Waals surface area contributed by atoms with Gasteiger partial charge in [-0.25, -0.2) is 4.98 Å². The Hall–Kier alpha value is -1.95. The summed E-state index contributed by atoms with van der Waals surface area (Å²) in [5, 5.41) is 11.6. The van der Waals surface area contributed by atoms with Gasteiger partial charge in [-0.3, -0.25) is 14.9 Å². The molecular weight excluding hydrogens is 294 g/mol. The lowest BCUT2D eigenvalue weighted by Gasteiger charge is -2.32. The van der Waals surface area contributed by atoms with Gasteiger partial charge in [-0.2, -0.15) is 0 Å². The van der Waals surface area contributed by atoms with Crippen LogP contribution in [0.3, 0.4) is 0 Å². The number of hydrogen-bond acceptors (Lipinski definition) is 5. The van der Waals surface area contributed by atoms with Crippen molar-refractivity contribution in [2.24, 2.45) is 5.92 Å². The van der Waals surface area contributed by atoms with Gasteiger partial charge in [-0.15, -0.1) is 0 Å². The predicted octanol–water partition coefficient (Wildman–Crippen LogP) is 1.12. The molecule has 0 saturated carbocycles. The summed E-state index contributed by atoms with van der Waals surface area (Å²) in [6.45, 7) is 3.97. The van der Waals surface area contributed by atoms with E-state index in [1.165, 1.54) is 0 Å². The number of aliphatic hydroxyl groups excluding tert-OH is 1. The first-order valence-corrected chi connectivity index (χ1v) is 8.25. The minimum Gasteiger partial charge on any atom is -0.396 e. The molecule has 6 nitrogen and oxygen atoms in total. The highest BCUT2D eigenvalue weighted by molar-refractivity contribution is 6.01. The van der Waals surface area contributed by atoms with Gasteiger partial charge < -0.3 is 10.0 Å². The van der Waals surface area contributed by atoms with Crippen molar-refractivity contribution < 1.29 is 14.7 Å². The number of carbonyl (C=O) groups excluding carboxylic acids is 2. The van der Waals surface area contributed by atoms with Gasteiger partial charge in [-0.05, 0) is 43.7 Å². The number of aryl methyl sites for hydroxylation is 1. The number of aliphatic hydroxyl groups is 1. The van der Waals surface area contributed by atoms with Crippen LogP contribution in [0.15, 0.2) is 12.1 Å². The fourth-order valence-corrected chi connectivity index (χ4v) is 3.44. The van der Waals surface area contributed by atoms with Crippen LogP contribution in [-0.2, 0) is 9.59 Å². The summed E-state index contributed by atoms with van der Waals surface area (Å²) >= 11 is 0. The van der Waals surface area contributed by atoms with Crippen molar-refractivity contribution in [1.29, 1.82) is 0 Å². The number of imide groups is 1. The zero-order chi connectivity index (χ0) is 16.4. The number of aromatic nitrogens is 1. The standard InChI is InChI=1S/C17H23N3O3/c1-11-13(14-3-5-16(22)19-17(14)23)2-4-15(18-11)20-8-6-12(10-21)7-9-20/h2,4,12,14,21H,3,5-10H2,1H3,(H,19,22,23). The summed E-state index contributed by atoms with van der Waals surface area (Å²) in [5.74, 6) is 0.627. The van der Waals surface area contributed by atoms with E-state index in [9.17, 15) is 14.7 Å². The average Bonchev–Trinajstić information content (AvgIpc) is 2.55. The molecule has 1 aromatic rings. The predicted molar refractivity (Wildman–Crippen MR) is 86.1 cm³/mol. The van der Waals surface area contributed by atoms with E-state index in [2.05, 4.69) is 15.2 Å². The maximum atomic E-state index is 12.0. The molecular formula is C17H23N3O3. The molecule has 2 aliphatic rings. The molecule has 2 amide bonds. The Balaban J connectivity index is 1.73. The molecule has 1 aromatic heterocycles. The number of pyridine rings is 1. The summed E-state index contributed by atoms with van der Waals surface area (Å²) in [4.78, 5) is 30.2. The van der Waals surface area contributed by atoms with Crippen LogP contribution in [0.2, 0.25) is 0 Å². The number of anilines is 1. The monoisotopic (exact) mass is 317 g/mol. The molecule has 0 spiro atoms. The van der Waals surface area contributed by atoms with E-state index in [1.54, 1.807) is 0 Å². The van der Waals surface area contributed by atoms with E-state index in [1.807, 2.05) is 19.1 Å². The molecule has 1 atom stereocenters. The van der Waals surface area contributed by atoms with Crippen molar-refractivity contribution in [3.63, 3.8) is 0 Å². The van der Waals surface area contributed by atoms with Crippen molar-refractivity contribution in [2.75, 3.05) is 24.6 Å². The van der Waals surface area contributed by atoms with Gasteiger partial charge in [0, 0.05) is 31.8 Å². The fraction of sp³-hybridized carbons (Fsp3) is 0.588. The number of nitrogens with one attached hydrogen (secondary N) is 1. The number of piperidine rings is 2. The molecule has 0 bridgehead atoms. The Bertz CT molecular complexity index is 609. The van der Waals surface area contributed by atoms with E-state index in [-0.39, 0.29) is 24.3 Å². The van der Waals surface area contributed by atoms with Crippen LogP contribution >= 0.6 is 0 Å². The minimum absolute atomic E-state index is 0.194. The van der Waals surface area contributed by atoms with Crippen LogP contribution in [0.5, 0.6) is 0 Å². The van der Waals surface area contributed by atoms with Gasteiger partial charge in [-0.1, -0.05) is 6.07 Å². The molecule has 0 aromatic carbocycles. The molecule has 6 heteroatoms. The SMILES string of the molecule is Cc1nc(N2CCC(CO)CC2)ccc1C1CCC(=O)NC1=O. The fourth-order valence-electron chi connectivity index (χ4n) is 3.44. The Morgan fingerprint density at radius 3 is 2.61 bits per heavy atom. The summed E-state index contributed by atoms with van der Waals surface area (Å²) < 4.78 is 0. The molecule has 3 heterocycles. The van der Waals surface area contributed by atoms with Crippen LogP contribution in [0.25, 0.3) is 0 Å². The number of amides is 2. The Morgan fingerprint density at radius 2 is 2.00 bits per heavy atom. The van der Waals surface area contributed by atoms with Crippen LogP contribution < -0.4 is 10.2 Å². The topological polar surface area (TPSA) is 82.5 Å². The Kier molecular flexibility index (Phi) is 4.61. The van der Waals surface area contributed by atoms with Crippen molar-refractivity contribution in [3.05, 3.63) is 23.4 Å². The van der Waals surface area contributed by atoms with Gasteiger partial charge in [0.05, 0.1) is 5.92 Å². The second-order valence-corrected chi connectivity index (χ2v) is 6.46. The third-order valence-corrected chi connectivity index (χ3v) is 4.92. The molecule has 2 saturated heterocycles. The second-order valence-electron chi connectivity index (χ2n) is 6.46. The van der Waals surface area contributed by atoms with Crippen LogP contribution in [0.4, 0.5) is 5.82 Å². The quantitative estimate of drug-likeness (QED) is 0.816. The number of nitrogens with zero attached hydrogens (tertiary/aromatic N) is 2. The number of hydrogen-bond donors (Lipinski definition) is 2. The van der Waals surface area contributed by atoms with Crippen molar-refractivity contribution in [2.45, 2.75) is 38.5 Å². The molecule has 124 valence electrons. The maximum absolute atomic E-state index is 12.0. The lowest BCUT2D eigenvalue weighted by Crippen LogP contribution is -2.40. The van der Waals surface area contributed by atoms with Gasteiger partial charge >= 0.3 is 0 Å². The Labute approximate surface area is 135 Å². The summed E-state index contributed by atoms with van der Waals surface area (Å²) in [7, 11) is 0. The van der Waals surface area contributed by atoms with Gasteiger partial charge in [0.25, 0.3) is 0 Å². The third-order valence-electron chi connectivity index (χ3n) is 4.92. The van der Waals surface area contributed by atoms with Crippen molar-refractivity contribution >= 4 is 17.6 Å². The molecule has 1 unspecified atom stereocenters. The molecule has 0 radical (unpaired) electrons. The van der Waals surface area contributed by atoms with Crippen LogP contribution in [-0.4, -0.2) is 41.6 Å². The smallest absolute Gasteiger partial charge is 0.234 e. The van der Waals surface area contributed by atoms with E-state index in [0.29, 0.717) is 18.8 Å². The molecule has 2 N–H and O–H groups in total. The van der Waals surface area contributed by atoms with Crippen LogP contribution in [0.1, 0.15) is 42.9 Å². The molecule has 0 aliphatic carbocycles. The summed E-state index contributed by atoms with van der Waals surface area (Å²) in [6.07, 6.45) is 2.89. The maximum Gasteiger partial charge on any atom is 0.234 e. The van der Waals surface area contributed by atoms with Crippen molar-refractivity contribution in [1.82, 2.24) is 10.3 Å². The average molecular weight is 317 g/mol. The van der Waals surface area contributed by atoms with Gasteiger partial charge in [0.15, 0.2) is 0 Å². The van der Waals surface area contributed by atoms with Gasteiger partial charge in [0.2, 0.25) is 11.8 Å². The highest BCUT2D eigenvalue weighted by atomic mass is 16.3. The number of carbonyl (C=O) groups is 2. The van der Waals surface area contributed by atoms with Gasteiger partial charge in [0.1, 0.15) is 5.82 Å². The molecule has 2 fully saturated rings. The van der Waals surface area contributed by atoms with E-state index < -0.39 is 0 Å². The molecule has 2 aliphatic heterocycles. The summed E-state index contributed by atoms with van der Waals surface area (Å²) in [6, 6.07) is 3.93. The van der Waals surface area contributed by atoms with Crippen LogP contribution in [0, 0.1) is 12.8 Å². The lowest BCUT2D eigenvalue weighted by atomic mass is 9.89. The number of rotatable bonds is 3.